The van der Waals surface area contributed by atoms with Crippen LogP contribution in [0.5, 0.6) is 0 Å². The molecule has 0 aromatic carbocycles. The third-order valence-electron chi connectivity index (χ3n) is 4.82. The second-order valence-electron chi connectivity index (χ2n) is 6.38. The highest BCUT2D eigenvalue weighted by Gasteiger charge is 2.33. The molecule has 1 amide bonds. The topological polar surface area (TPSA) is 96.2 Å². The van der Waals surface area contributed by atoms with E-state index in [-0.39, 0.29) is 17.5 Å². The molecule has 4 heterocycles. The molecule has 4 rings (SSSR count). The standard InChI is InChI=1S/C16H18N6O2S/c1-8-9(2)17-13-7-11(19-22(13)15(8)23)12-5-4-6-21(12)16(24)14-10(3)18-20-25-14/h7,12,19H,4-6H2,1-3H3/t12-/m1/s1. The fourth-order valence-electron chi connectivity index (χ4n) is 3.30. The fraction of sp³-hybridized carbons (Fsp3) is 0.438. The zero-order valence-corrected chi connectivity index (χ0v) is 15.1. The molecular weight excluding hydrogens is 340 g/mol. The van der Waals surface area contributed by atoms with Gasteiger partial charge in [0.2, 0.25) is 0 Å². The Morgan fingerprint density at radius 3 is 2.84 bits per heavy atom. The number of aryl methyl sites for hydroxylation is 2. The van der Waals surface area contributed by atoms with Gasteiger partial charge < -0.3 is 4.90 Å². The van der Waals surface area contributed by atoms with E-state index in [0.717, 1.165) is 35.8 Å². The summed E-state index contributed by atoms with van der Waals surface area (Å²) in [5.41, 5.74) is 3.31. The Bertz CT molecular complexity index is 1030. The van der Waals surface area contributed by atoms with Gasteiger partial charge >= 0.3 is 0 Å². The molecule has 1 fully saturated rings. The van der Waals surface area contributed by atoms with Crippen LogP contribution in [0.25, 0.3) is 5.65 Å². The molecule has 1 aliphatic heterocycles. The van der Waals surface area contributed by atoms with Crippen LogP contribution in [-0.4, -0.2) is 41.5 Å². The minimum absolute atomic E-state index is 0.0543. The highest BCUT2D eigenvalue weighted by Crippen LogP contribution is 2.33. The molecule has 1 N–H and O–H groups in total. The van der Waals surface area contributed by atoms with Crippen molar-refractivity contribution in [1.82, 2.24) is 29.1 Å². The largest absolute Gasteiger partial charge is 0.329 e. The van der Waals surface area contributed by atoms with Gasteiger partial charge in [-0.1, -0.05) is 4.49 Å². The number of nitrogens with one attached hydrogen (secondary N) is 1. The summed E-state index contributed by atoms with van der Waals surface area (Å²) in [5, 5.41) is 7.07. The smallest absolute Gasteiger partial charge is 0.275 e. The second kappa shape index (κ2) is 5.76. The number of fused-ring (bicyclic) bond motifs is 1. The van der Waals surface area contributed by atoms with Gasteiger partial charge in [-0.15, -0.1) is 5.10 Å². The van der Waals surface area contributed by atoms with Crippen LogP contribution in [0.3, 0.4) is 0 Å². The third kappa shape index (κ3) is 2.46. The van der Waals surface area contributed by atoms with E-state index in [4.69, 9.17) is 0 Å². The average molecular weight is 358 g/mol. The first-order chi connectivity index (χ1) is 12.0. The van der Waals surface area contributed by atoms with Crippen molar-refractivity contribution in [3.8, 4) is 0 Å². The van der Waals surface area contributed by atoms with E-state index in [2.05, 4.69) is 19.7 Å². The van der Waals surface area contributed by atoms with Crippen LogP contribution >= 0.6 is 11.5 Å². The number of hydrogen-bond acceptors (Lipinski definition) is 6. The van der Waals surface area contributed by atoms with E-state index in [1.54, 1.807) is 13.8 Å². The summed E-state index contributed by atoms with van der Waals surface area (Å²) < 4.78 is 5.32. The number of carbonyl (C=O) groups excluding carboxylic acids is 1. The van der Waals surface area contributed by atoms with Crippen LogP contribution in [0, 0.1) is 20.8 Å². The van der Waals surface area contributed by atoms with Crippen LogP contribution in [0.2, 0.25) is 0 Å². The monoisotopic (exact) mass is 358 g/mol. The van der Waals surface area contributed by atoms with Gasteiger partial charge in [0.1, 0.15) is 4.88 Å². The maximum Gasteiger partial charge on any atom is 0.275 e. The van der Waals surface area contributed by atoms with Gasteiger partial charge in [0.25, 0.3) is 11.5 Å². The van der Waals surface area contributed by atoms with Gasteiger partial charge in [-0.25, -0.2) is 9.50 Å². The Morgan fingerprint density at radius 1 is 1.32 bits per heavy atom. The van der Waals surface area contributed by atoms with E-state index in [1.807, 2.05) is 17.9 Å². The number of amides is 1. The zero-order chi connectivity index (χ0) is 17.7. The normalized spacial score (nSPS) is 17.6. The van der Waals surface area contributed by atoms with Crippen molar-refractivity contribution in [2.45, 2.75) is 39.7 Å². The fourth-order valence-corrected chi connectivity index (χ4v) is 3.91. The first-order valence-electron chi connectivity index (χ1n) is 8.16. The minimum Gasteiger partial charge on any atom is -0.329 e. The van der Waals surface area contributed by atoms with E-state index >= 15 is 0 Å². The first kappa shape index (κ1) is 15.9. The van der Waals surface area contributed by atoms with E-state index in [0.29, 0.717) is 28.3 Å². The Hall–Kier alpha value is -2.55. The van der Waals surface area contributed by atoms with Crippen molar-refractivity contribution in [3.05, 3.63) is 43.9 Å². The number of aromatic amines is 1. The predicted molar refractivity (Wildman–Crippen MR) is 92.9 cm³/mol. The number of carbonyl (C=O) groups is 1. The van der Waals surface area contributed by atoms with Crippen molar-refractivity contribution in [3.63, 3.8) is 0 Å². The number of aromatic nitrogens is 5. The molecular formula is C16H18N6O2S. The SMILES string of the molecule is Cc1nnsc1C(=O)N1CCC[C@@H]1c1cc2nc(C)c(C)c(=O)n2[nH]1. The molecule has 0 spiro atoms. The van der Waals surface area contributed by atoms with Crippen LogP contribution in [0.4, 0.5) is 0 Å². The molecule has 0 radical (unpaired) electrons. The molecule has 9 heteroatoms. The Morgan fingerprint density at radius 2 is 2.12 bits per heavy atom. The van der Waals surface area contributed by atoms with Gasteiger partial charge in [0, 0.05) is 23.9 Å². The van der Waals surface area contributed by atoms with Crippen molar-refractivity contribution in [1.29, 1.82) is 0 Å². The van der Waals surface area contributed by atoms with Crippen molar-refractivity contribution in [2.75, 3.05) is 6.54 Å². The lowest BCUT2D eigenvalue weighted by molar-refractivity contribution is 0.0736. The van der Waals surface area contributed by atoms with Crippen LogP contribution < -0.4 is 5.56 Å². The lowest BCUT2D eigenvalue weighted by Gasteiger charge is -2.23. The molecule has 130 valence electrons. The molecule has 0 unspecified atom stereocenters. The summed E-state index contributed by atoms with van der Waals surface area (Å²) in [5.74, 6) is -0.0543. The van der Waals surface area contributed by atoms with Gasteiger partial charge in [0.15, 0.2) is 5.65 Å². The summed E-state index contributed by atoms with van der Waals surface area (Å²) in [7, 11) is 0. The first-order valence-corrected chi connectivity index (χ1v) is 8.93. The molecule has 0 saturated carbocycles. The quantitative estimate of drug-likeness (QED) is 0.753. The van der Waals surface area contributed by atoms with Crippen LogP contribution in [0.1, 0.15) is 51.2 Å². The number of rotatable bonds is 2. The van der Waals surface area contributed by atoms with E-state index < -0.39 is 0 Å². The highest BCUT2D eigenvalue weighted by molar-refractivity contribution is 7.07. The molecule has 3 aromatic heterocycles. The number of nitrogens with zero attached hydrogens (tertiary/aromatic N) is 5. The Balaban J connectivity index is 1.75. The molecule has 1 atom stereocenters. The third-order valence-corrected chi connectivity index (χ3v) is 5.64. The lowest BCUT2D eigenvalue weighted by Crippen LogP contribution is -2.30. The average Bonchev–Trinajstić information content (AvgIpc) is 3.30. The Labute approximate surface area is 147 Å². The maximum absolute atomic E-state index is 12.9. The van der Waals surface area contributed by atoms with Crippen molar-refractivity contribution < 1.29 is 4.79 Å². The zero-order valence-electron chi connectivity index (χ0n) is 14.2. The van der Waals surface area contributed by atoms with E-state index in [1.165, 1.54) is 4.52 Å². The maximum atomic E-state index is 12.9. The summed E-state index contributed by atoms with van der Waals surface area (Å²) in [6.07, 6.45) is 1.76. The van der Waals surface area contributed by atoms with Gasteiger partial charge in [-0.3, -0.25) is 14.7 Å². The van der Waals surface area contributed by atoms with Crippen molar-refractivity contribution >= 4 is 23.1 Å². The van der Waals surface area contributed by atoms with E-state index in [9.17, 15) is 9.59 Å². The number of H-pyrrole nitrogens is 1. The predicted octanol–water partition coefficient (Wildman–Crippen LogP) is 1.78. The molecule has 1 aliphatic rings. The van der Waals surface area contributed by atoms with Crippen LogP contribution in [0.15, 0.2) is 10.9 Å². The molecule has 0 aliphatic carbocycles. The molecule has 3 aromatic rings. The van der Waals surface area contributed by atoms with Crippen molar-refractivity contribution in [2.24, 2.45) is 0 Å². The minimum atomic E-state index is -0.105. The number of hydrogen-bond donors (Lipinski definition) is 1. The van der Waals surface area contributed by atoms with Crippen LogP contribution in [-0.2, 0) is 0 Å². The molecule has 8 nitrogen and oxygen atoms in total. The number of likely N-dealkylation sites (tertiary alicyclic amines) is 1. The summed E-state index contributed by atoms with van der Waals surface area (Å²) >= 11 is 1.12. The summed E-state index contributed by atoms with van der Waals surface area (Å²) in [6, 6.07) is 1.76. The molecule has 1 saturated heterocycles. The second-order valence-corrected chi connectivity index (χ2v) is 7.13. The summed E-state index contributed by atoms with van der Waals surface area (Å²) in [4.78, 5) is 32.2. The van der Waals surface area contributed by atoms with Gasteiger partial charge in [-0.2, -0.15) is 0 Å². The molecule has 0 bridgehead atoms. The highest BCUT2D eigenvalue weighted by atomic mass is 32.1. The summed E-state index contributed by atoms with van der Waals surface area (Å²) in [6.45, 7) is 6.06. The molecule has 25 heavy (non-hydrogen) atoms. The lowest BCUT2D eigenvalue weighted by atomic mass is 10.1. The van der Waals surface area contributed by atoms with Gasteiger partial charge in [0.05, 0.1) is 17.4 Å². The van der Waals surface area contributed by atoms with Gasteiger partial charge in [-0.05, 0) is 45.1 Å². The Kier molecular flexibility index (Phi) is 3.68.